The van der Waals surface area contributed by atoms with Crippen molar-refractivity contribution in [2.75, 3.05) is 6.54 Å². The SMILES string of the molecule is Cc1c(Br)c2ccccc2n1CCNC1CCCC1. The van der Waals surface area contributed by atoms with E-state index < -0.39 is 0 Å². The van der Waals surface area contributed by atoms with Crippen molar-refractivity contribution < 1.29 is 0 Å². The second-order valence-corrected chi connectivity index (χ2v) is 6.30. The molecule has 1 aliphatic rings. The third kappa shape index (κ3) is 2.59. The molecule has 1 saturated carbocycles. The minimum Gasteiger partial charge on any atom is -0.342 e. The molecule has 1 heterocycles. The van der Waals surface area contributed by atoms with Crippen molar-refractivity contribution >= 4 is 26.8 Å². The van der Waals surface area contributed by atoms with Crippen LogP contribution in [0.25, 0.3) is 10.9 Å². The molecule has 0 amide bonds. The molecular weight excluding hydrogens is 300 g/mol. The molecule has 19 heavy (non-hydrogen) atoms. The van der Waals surface area contributed by atoms with E-state index in [1.54, 1.807) is 0 Å². The standard InChI is InChI=1S/C16H21BrN2/c1-12-16(17)14-8-4-5-9-15(14)19(12)11-10-18-13-6-2-3-7-13/h4-5,8-9,13,18H,2-3,6-7,10-11H2,1H3. The maximum absolute atomic E-state index is 3.72. The van der Waals surface area contributed by atoms with Crippen LogP contribution >= 0.6 is 15.9 Å². The fourth-order valence-electron chi connectivity index (χ4n) is 3.19. The molecule has 1 aliphatic carbocycles. The van der Waals surface area contributed by atoms with Gasteiger partial charge in [-0.1, -0.05) is 31.0 Å². The van der Waals surface area contributed by atoms with Crippen molar-refractivity contribution in [1.29, 1.82) is 0 Å². The number of hydrogen-bond donors (Lipinski definition) is 1. The zero-order valence-electron chi connectivity index (χ0n) is 11.5. The lowest BCUT2D eigenvalue weighted by Crippen LogP contribution is -2.29. The molecule has 102 valence electrons. The fraction of sp³-hybridized carbons (Fsp3) is 0.500. The predicted molar refractivity (Wildman–Crippen MR) is 84.6 cm³/mol. The van der Waals surface area contributed by atoms with E-state index in [1.165, 1.54) is 46.8 Å². The number of benzene rings is 1. The number of fused-ring (bicyclic) bond motifs is 1. The van der Waals surface area contributed by atoms with Gasteiger partial charge < -0.3 is 9.88 Å². The zero-order valence-corrected chi connectivity index (χ0v) is 13.0. The molecular formula is C16H21BrN2. The molecule has 2 nitrogen and oxygen atoms in total. The van der Waals surface area contributed by atoms with Gasteiger partial charge in [-0.2, -0.15) is 0 Å². The lowest BCUT2D eigenvalue weighted by molar-refractivity contribution is 0.498. The van der Waals surface area contributed by atoms with E-state index in [-0.39, 0.29) is 0 Å². The summed E-state index contributed by atoms with van der Waals surface area (Å²) < 4.78 is 3.66. The third-order valence-electron chi connectivity index (χ3n) is 4.28. The van der Waals surface area contributed by atoms with Crippen molar-refractivity contribution in [1.82, 2.24) is 9.88 Å². The summed E-state index contributed by atoms with van der Waals surface area (Å²) in [5.41, 5.74) is 2.66. The summed E-state index contributed by atoms with van der Waals surface area (Å²) in [7, 11) is 0. The summed E-state index contributed by atoms with van der Waals surface area (Å²) in [4.78, 5) is 0. The van der Waals surface area contributed by atoms with Gasteiger partial charge >= 0.3 is 0 Å². The summed E-state index contributed by atoms with van der Waals surface area (Å²) in [5, 5.41) is 5.02. The smallest absolute Gasteiger partial charge is 0.0494 e. The number of aromatic nitrogens is 1. The first-order chi connectivity index (χ1) is 9.27. The van der Waals surface area contributed by atoms with Crippen LogP contribution in [0, 0.1) is 6.92 Å². The quantitative estimate of drug-likeness (QED) is 0.891. The second-order valence-electron chi connectivity index (χ2n) is 5.50. The van der Waals surface area contributed by atoms with E-state index in [1.807, 2.05) is 0 Å². The molecule has 0 spiro atoms. The number of nitrogens with zero attached hydrogens (tertiary/aromatic N) is 1. The average molecular weight is 321 g/mol. The molecule has 0 unspecified atom stereocenters. The topological polar surface area (TPSA) is 17.0 Å². The Hall–Kier alpha value is -0.800. The lowest BCUT2D eigenvalue weighted by atomic mass is 10.2. The van der Waals surface area contributed by atoms with Gasteiger partial charge in [-0.05, 0) is 41.8 Å². The summed E-state index contributed by atoms with van der Waals surface area (Å²) in [6.45, 7) is 4.31. The van der Waals surface area contributed by atoms with Crippen molar-refractivity contribution in [2.45, 2.75) is 45.2 Å². The third-order valence-corrected chi connectivity index (χ3v) is 5.28. The monoisotopic (exact) mass is 320 g/mol. The highest BCUT2D eigenvalue weighted by atomic mass is 79.9. The molecule has 0 bridgehead atoms. The van der Waals surface area contributed by atoms with Crippen LogP contribution in [0.15, 0.2) is 28.7 Å². The summed E-state index contributed by atoms with van der Waals surface area (Å²) in [6.07, 6.45) is 5.51. The number of rotatable bonds is 4. The molecule has 0 radical (unpaired) electrons. The van der Waals surface area contributed by atoms with Crippen LogP contribution in [-0.4, -0.2) is 17.2 Å². The number of para-hydroxylation sites is 1. The van der Waals surface area contributed by atoms with Crippen LogP contribution in [0.5, 0.6) is 0 Å². The molecule has 1 aromatic carbocycles. The number of hydrogen-bond acceptors (Lipinski definition) is 1. The number of halogens is 1. The molecule has 0 saturated heterocycles. The molecule has 2 aromatic rings. The first-order valence-electron chi connectivity index (χ1n) is 7.24. The highest BCUT2D eigenvalue weighted by Gasteiger charge is 2.15. The predicted octanol–water partition coefficient (Wildman–Crippen LogP) is 4.24. The van der Waals surface area contributed by atoms with E-state index in [4.69, 9.17) is 0 Å². The normalized spacial score (nSPS) is 16.5. The second kappa shape index (κ2) is 5.68. The van der Waals surface area contributed by atoms with E-state index in [2.05, 4.69) is 57.0 Å². The minimum absolute atomic E-state index is 0.755. The van der Waals surface area contributed by atoms with Gasteiger partial charge in [0.05, 0.1) is 0 Å². The first-order valence-corrected chi connectivity index (χ1v) is 8.03. The van der Waals surface area contributed by atoms with Gasteiger partial charge in [0.2, 0.25) is 0 Å². The van der Waals surface area contributed by atoms with Gasteiger partial charge in [0, 0.05) is 40.2 Å². The van der Waals surface area contributed by atoms with Gasteiger partial charge in [-0.3, -0.25) is 0 Å². The van der Waals surface area contributed by atoms with E-state index >= 15 is 0 Å². The van der Waals surface area contributed by atoms with Gasteiger partial charge in [-0.15, -0.1) is 0 Å². The Bertz CT molecular complexity index is 567. The maximum atomic E-state index is 3.72. The lowest BCUT2D eigenvalue weighted by Gasteiger charge is -2.14. The Kier molecular flexibility index (Phi) is 3.94. The zero-order chi connectivity index (χ0) is 13.2. The molecule has 3 heteroatoms. The van der Waals surface area contributed by atoms with Crippen LogP contribution in [-0.2, 0) is 6.54 Å². The summed E-state index contributed by atoms with van der Waals surface area (Å²) in [6, 6.07) is 9.38. The first kappa shape index (κ1) is 13.2. The molecule has 0 aliphatic heterocycles. The van der Waals surface area contributed by atoms with Crippen LogP contribution < -0.4 is 5.32 Å². The van der Waals surface area contributed by atoms with Crippen molar-refractivity contribution in [2.24, 2.45) is 0 Å². The molecule has 1 fully saturated rings. The summed E-state index contributed by atoms with van der Waals surface area (Å²) >= 11 is 3.72. The van der Waals surface area contributed by atoms with E-state index in [9.17, 15) is 0 Å². The van der Waals surface area contributed by atoms with Gasteiger partial charge in [0.15, 0.2) is 0 Å². The molecule has 3 rings (SSSR count). The van der Waals surface area contributed by atoms with Gasteiger partial charge in [0.1, 0.15) is 0 Å². The summed E-state index contributed by atoms with van der Waals surface area (Å²) in [5.74, 6) is 0. The van der Waals surface area contributed by atoms with Crippen molar-refractivity contribution in [3.8, 4) is 0 Å². The Morgan fingerprint density at radius 1 is 1.26 bits per heavy atom. The van der Waals surface area contributed by atoms with E-state index in [0.29, 0.717) is 0 Å². The fourth-order valence-corrected chi connectivity index (χ4v) is 3.74. The Morgan fingerprint density at radius 2 is 2.00 bits per heavy atom. The Balaban J connectivity index is 1.74. The Morgan fingerprint density at radius 3 is 2.79 bits per heavy atom. The highest BCUT2D eigenvalue weighted by Crippen LogP contribution is 2.30. The van der Waals surface area contributed by atoms with Crippen molar-refractivity contribution in [3.63, 3.8) is 0 Å². The average Bonchev–Trinajstić information content (AvgIpc) is 3.02. The maximum Gasteiger partial charge on any atom is 0.0494 e. The highest BCUT2D eigenvalue weighted by molar-refractivity contribution is 9.10. The number of nitrogens with one attached hydrogen (secondary N) is 1. The van der Waals surface area contributed by atoms with Crippen molar-refractivity contribution in [3.05, 3.63) is 34.4 Å². The van der Waals surface area contributed by atoms with Crippen LogP contribution in [0.4, 0.5) is 0 Å². The molecule has 0 atom stereocenters. The van der Waals surface area contributed by atoms with Crippen LogP contribution in [0.2, 0.25) is 0 Å². The van der Waals surface area contributed by atoms with Gasteiger partial charge in [-0.25, -0.2) is 0 Å². The van der Waals surface area contributed by atoms with E-state index in [0.717, 1.165) is 19.1 Å². The minimum atomic E-state index is 0.755. The molecule has 1 N–H and O–H groups in total. The molecule has 1 aromatic heterocycles. The van der Waals surface area contributed by atoms with Gasteiger partial charge in [0.25, 0.3) is 0 Å². The van der Waals surface area contributed by atoms with Crippen LogP contribution in [0.3, 0.4) is 0 Å². The largest absolute Gasteiger partial charge is 0.342 e. The van der Waals surface area contributed by atoms with Crippen LogP contribution in [0.1, 0.15) is 31.4 Å². The Labute approximate surface area is 123 Å².